The van der Waals surface area contributed by atoms with Crippen molar-refractivity contribution in [3.05, 3.63) is 0 Å². The van der Waals surface area contributed by atoms with E-state index in [2.05, 4.69) is 28.4 Å². The molecule has 0 amide bonds. The van der Waals surface area contributed by atoms with Gasteiger partial charge in [-0.2, -0.15) is 0 Å². The van der Waals surface area contributed by atoms with Crippen LogP contribution in [0.2, 0.25) is 0 Å². The number of carboxylic acid groups (broad SMARTS) is 1. The van der Waals surface area contributed by atoms with Gasteiger partial charge in [-0.15, -0.1) is 11.6 Å². The van der Waals surface area contributed by atoms with Crippen LogP contribution < -0.4 is 34.7 Å². The van der Waals surface area contributed by atoms with Gasteiger partial charge in [0.2, 0.25) is 0 Å². The zero-order valence-electron chi connectivity index (χ0n) is 20.9. The SMILES string of the molecule is CCCCCCCCCCCCCCCCCC1=NCCN1CCO.O.O=C([O-])CCl.[Na+]. The van der Waals surface area contributed by atoms with Gasteiger partial charge in [-0.3, -0.25) is 4.99 Å². The molecule has 0 fully saturated rings. The molecule has 0 bridgehead atoms. The first-order chi connectivity index (χ1) is 14.7. The number of halogens is 1. The van der Waals surface area contributed by atoms with Crippen LogP contribution >= 0.6 is 11.6 Å². The number of amidine groups is 1. The molecule has 1 heterocycles. The van der Waals surface area contributed by atoms with E-state index in [4.69, 9.17) is 15.0 Å². The molecule has 0 saturated carbocycles. The Morgan fingerprint density at radius 1 is 0.938 bits per heavy atom. The molecular weight excluding hydrogens is 439 g/mol. The summed E-state index contributed by atoms with van der Waals surface area (Å²) in [7, 11) is 0. The number of alkyl halides is 1. The monoisotopic (exact) mass is 486 g/mol. The minimum atomic E-state index is -1.23. The first-order valence-corrected chi connectivity index (χ1v) is 12.8. The average Bonchev–Trinajstić information content (AvgIpc) is 3.18. The topological polar surface area (TPSA) is 107 Å². The summed E-state index contributed by atoms with van der Waals surface area (Å²) in [5, 5.41) is 18.2. The van der Waals surface area contributed by atoms with Gasteiger partial charge < -0.3 is 25.4 Å². The molecule has 1 aliphatic heterocycles. The van der Waals surface area contributed by atoms with Gasteiger partial charge in [0, 0.05) is 19.5 Å². The Balaban J connectivity index is -0.00000108. The number of aliphatic imine (C=N–C) groups is 1. The van der Waals surface area contributed by atoms with E-state index in [0.717, 1.165) is 26.1 Å². The Bertz CT molecular complexity index is 429. The number of β-amino-alcohol motifs (C(OH)–C–C–N with tert-alkyl or cyclic N) is 1. The fourth-order valence-corrected chi connectivity index (χ4v) is 3.78. The van der Waals surface area contributed by atoms with Gasteiger partial charge in [0.1, 0.15) is 0 Å². The number of aliphatic hydroxyl groups is 1. The summed E-state index contributed by atoms with van der Waals surface area (Å²) in [5.74, 6) is -0.407. The maximum Gasteiger partial charge on any atom is 1.00 e. The van der Waals surface area contributed by atoms with Crippen LogP contribution in [0, 0.1) is 0 Å². The molecule has 32 heavy (non-hydrogen) atoms. The van der Waals surface area contributed by atoms with Crippen LogP contribution in [0.1, 0.15) is 110 Å². The second kappa shape index (κ2) is 29.2. The van der Waals surface area contributed by atoms with Gasteiger partial charge in [0.15, 0.2) is 0 Å². The summed E-state index contributed by atoms with van der Waals surface area (Å²) in [6.07, 6.45) is 22.3. The number of rotatable bonds is 19. The minimum Gasteiger partial charge on any atom is -0.549 e. The van der Waals surface area contributed by atoms with Gasteiger partial charge in [-0.25, -0.2) is 0 Å². The van der Waals surface area contributed by atoms with Crippen molar-refractivity contribution in [2.24, 2.45) is 4.99 Å². The van der Waals surface area contributed by atoms with E-state index in [-0.39, 0.29) is 41.6 Å². The Labute approximate surface area is 224 Å². The number of aliphatic carboxylic acids is 1. The van der Waals surface area contributed by atoms with Gasteiger partial charge in [-0.1, -0.05) is 96.8 Å². The molecule has 3 N–H and O–H groups in total. The molecule has 0 aromatic carbocycles. The van der Waals surface area contributed by atoms with Crippen LogP contribution in [0.4, 0.5) is 0 Å². The van der Waals surface area contributed by atoms with Crippen molar-refractivity contribution in [2.45, 2.75) is 110 Å². The van der Waals surface area contributed by atoms with E-state index >= 15 is 0 Å². The summed E-state index contributed by atoms with van der Waals surface area (Å²) < 4.78 is 0. The first kappa shape index (κ1) is 36.7. The van der Waals surface area contributed by atoms with Crippen molar-refractivity contribution >= 4 is 23.4 Å². The van der Waals surface area contributed by atoms with E-state index in [9.17, 15) is 0 Å². The second-order valence-corrected chi connectivity index (χ2v) is 8.48. The predicted molar refractivity (Wildman–Crippen MR) is 130 cm³/mol. The average molecular weight is 487 g/mol. The minimum absolute atomic E-state index is 0. The quantitative estimate of drug-likeness (QED) is 0.167. The van der Waals surface area contributed by atoms with Crippen molar-refractivity contribution < 1.29 is 50.0 Å². The van der Waals surface area contributed by atoms with Crippen LogP contribution in [0.5, 0.6) is 0 Å². The van der Waals surface area contributed by atoms with Crippen molar-refractivity contribution in [2.75, 3.05) is 32.1 Å². The first-order valence-electron chi connectivity index (χ1n) is 12.3. The zero-order chi connectivity index (χ0) is 22.3. The Morgan fingerprint density at radius 2 is 1.34 bits per heavy atom. The summed E-state index contributed by atoms with van der Waals surface area (Å²) in [4.78, 5) is 15.9. The molecule has 0 radical (unpaired) electrons. The molecule has 6 nitrogen and oxygen atoms in total. The molecule has 8 heteroatoms. The van der Waals surface area contributed by atoms with Crippen molar-refractivity contribution in [1.29, 1.82) is 0 Å². The Morgan fingerprint density at radius 3 is 1.72 bits per heavy atom. The van der Waals surface area contributed by atoms with Crippen LogP contribution in [0.3, 0.4) is 0 Å². The largest absolute Gasteiger partial charge is 1.00 e. The van der Waals surface area contributed by atoms with Gasteiger partial charge in [-0.05, 0) is 6.42 Å². The number of carboxylic acids is 1. The fourth-order valence-electron chi connectivity index (χ4n) is 3.78. The molecule has 0 saturated heterocycles. The van der Waals surface area contributed by atoms with E-state index < -0.39 is 11.8 Å². The maximum absolute atomic E-state index is 9.12. The molecule has 0 unspecified atom stereocenters. The molecule has 186 valence electrons. The third-order valence-electron chi connectivity index (χ3n) is 5.51. The normalized spacial score (nSPS) is 12.3. The van der Waals surface area contributed by atoms with E-state index in [1.54, 1.807) is 0 Å². The predicted octanol–water partition coefficient (Wildman–Crippen LogP) is 1.11. The molecule has 0 aromatic rings. The molecule has 0 aromatic heterocycles. The summed E-state index contributed by atoms with van der Waals surface area (Å²) >= 11 is 4.67. The van der Waals surface area contributed by atoms with Crippen molar-refractivity contribution in [3.63, 3.8) is 0 Å². The number of nitrogens with zero attached hydrogens (tertiary/aromatic N) is 2. The zero-order valence-corrected chi connectivity index (χ0v) is 23.6. The molecule has 0 aliphatic carbocycles. The maximum atomic E-state index is 9.12. The number of carbonyl (C=O) groups excluding carboxylic acids is 1. The number of hydrogen-bond donors (Lipinski definition) is 1. The standard InChI is InChI=1S/C22H44N2O.C2H3ClO2.Na.H2O/c1-2-3-4-5-6-7-8-9-10-11-12-13-14-15-16-17-22-23-18-19-24(22)20-21-25;3-1-2(4)5;;/h25H,2-21H2,1H3;1H2,(H,4,5);;1H2/q;;+1;/p-1. The fraction of sp³-hybridized carbons (Fsp3) is 0.917. The molecule has 1 aliphatic rings. The van der Waals surface area contributed by atoms with E-state index in [0.29, 0.717) is 0 Å². The van der Waals surface area contributed by atoms with Crippen molar-refractivity contribution in [3.8, 4) is 0 Å². The summed E-state index contributed by atoms with van der Waals surface area (Å²) in [6.45, 7) is 5.23. The molecular formula is C24H48ClN2NaO4. The molecule has 1 rings (SSSR count). The summed E-state index contributed by atoms with van der Waals surface area (Å²) in [5.41, 5.74) is 0. The summed E-state index contributed by atoms with van der Waals surface area (Å²) in [6, 6.07) is 0. The molecule has 0 atom stereocenters. The Hall–Kier alpha value is 0.150. The van der Waals surface area contributed by atoms with Crippen LogP contribution in [-0.4, -0.2) is 59.4 Å². The van der Waals surface area contributed by atoms with Crippen LogP contribution in [0.15, 0.2) is 4.99 Å². The second-order valence-electron chi connectivity index (χ2n) is 8.21. The number of hydrogen-bond acceptors (Lipinski definition) is 5. The van der Waals surface area contributed by atoms with E-state index in [1.165, 1.54) is 102 Å². The van der Waals surface area contributed by atoms with Gasteiger partial charge in [0.05, 0.1) is 30.8 Å². The van der Waals surface area contributed by atoms with Gasteiger partial charge >= 0.3 is 29.6 Å². The number of unbranched alkanes of at least 4 members (excludes halogenated alkanes) is 14. The third kappa shape index (κ3) is 24.8. The number of aliphatic hydroxyl groups excluding tert-OH is 1. The third-order valence-corrected chi connectivity index (χ3v) is 5.73. The van der Waals surface area contributed by atoms with E-state index in [1.807, 2.05) is 0 Å². The Kier molecular flexibility index (Phi) is 33.5. The molecule has 0 spiro atoms. The van der Waals surface area contributed by atoms with Gasteiger partial charge in [0.25, 0.3) is 0 Å². The van der Waals surface area contributed by atoms with Crippen LogP contribution in [-0.2, 0) is 4.79 Å². The van der Waals surface area contributed by atoms with Crippen LogP contribution in [0.25, 0.3) is 0 Å². The van der Waals surface area contributed by atoms with Crippen molar-refractivity contribution in [1.82, 2.24) is 4.90 Å². The number of carbonyl (C=O) groups is 1. The smallest absolute Gasteiger partial charge is 0.549 e.